The van der Waals surface area contributed by atoms with E-state index < -0.39 is 4.92 Å². The third-order valence-electron chi connectivity index (χ3n) is 2.71. The number of hydrogen-bond donors (Lipinski definition) is 0. The van der Waals surface area contributed by atoms with E-state index in [2.05, 4.69) is 10.2 Å². The van der Waals surface area contributed by atoms with Crippen molar-refractivity contribution < 1.29 is 14.4 Å². The van der Waals surface area contributed by atoms with E-state index in [1.54, 1.807) is 12.1 Å². The van der Waals surface area contributed by atoms with Crippen molar-refractivity contribution >= 4 is 17.1 Å². The molecule has 0 aromatic heterocycles. The average Bonchev–Trinajstić information content (AvgIpc) is 2.52. The fraction of sp³-hybridized carbons (Fsp3) is 0.143. The van der Waals surface area contributed by atoms with Crippen molar-refractivity contribution in [1.82, 2.24) is 0 Å². The zero-order valence-electron chi connectivity index (χ0n) is 11.5. The molecule has 2 aromatic rings. The number of azo groups is 1. The summed E-state index contributed by atoms with van der Waals surface area (Å²) < 4.78 is 10.1. The molecule has 108 valence electrons. The van der Waals surface area contributed by atoms with Gasteiger partial charge in [0.05, 0.1) is 30.9 Å². The minimum atomic E-state index is -0.542. The summed E-state index contributed by atoms with van der Waals surface area (Å²) >= 11 is 0. The van der Waals surface area contributed by atoms with E-state index in [0.29, 0.717) is 11.4 Å². The first kappa shape index (κ1) is 14.4. The molecule has 0 fully saturated rings. The van der Waals surface area contributed by atoms with Gasteiger partial charge in [-0.3, -0.25) is 10.1 Å². The molecule has 0 unspecified atom stereocenters. The SMILES string of the molecule is COc1cc([N+](=O)[O-])c(OC)cc1N=Nc1ccccc1. The van der Waals surface area contributed by atoms with Crippen LogP contribution < -0.4 is 9.47 Å². The number of nitro groups is 1. The van der Waals surface area contributed by atoms with Gasteiger partial charge in [-0.1, -0.05) is 18.2 Å². The predicted molar refractivity (Wildman–Crippen MR) is 76.8 cm³/mol. The molecular weight excluding hydrogens is 274 g/mol. The quantitative estimate of drug-likeness (QED) is 0.472. The van der Waals surface area contributed by atoms with Crippen molar-refractivity contribution in [3.05, 3.63) is 52.6 Å². The number of hydrogen-bond acceptors (Lipinski definition) is 6. The Morgan fingerprint density at radius 1 is 1.00 bits per heavy atom. The van der Waals surface area contributed by atoms with Crippen molar-refractivity contribution in [2.24, 2.45) is 10.2 Å². The van der Waals surface area contributed by atoms with Crippen LogP contribution in [0, 0.1) is 10.1 Å². The molecule has 0 amide bonds. The Morgan fingerprint density at radius 2 is 1.67 bits per heavy atom. The van der Waals surface area contributed by atoms with Gasteiger partial charge >= 0.3 is 5.69 Å². The lowest BCUT2D eigenvalue weighted by Crippen LogP contribution is -1.95. The van der Waals surface area contributed by atoms with Gasteiger partial charge in [0.2, 0.25) is 0 Å². The summed E-state index contributed by atoms with van der Waals surface area (Å²) in [7, 11) is 2.76. The third kappa shape index (κ3) is 3.33. The number of rotatable bonds is 5. The van der Waals surface area contributed by atoms with Crippen LogP contribution in [0.3, 0.4) is 0 Å². The van der Waals surface area contributed by atoms with E-state index in [-0.39, 0.29) is 17.2 Å². The second-order valence-electron chi connectivity index (χ2n) is 3.99. The molecule has 2 rings (SSSR count). The molecule has 0 heterocycles. The van der Waals surface area contributed by atoms with Gasteiger partial charge in [-0.25, -0.2) is 0 Å². The van der Waals surface area contributed by atoms with E-state index in [0.717, 1.165) is 0 Å². The molecule has 7 nitrogen and oxygen atoms in total. The Morgan fingerprint density at radius 3 is 2.24 bits per heavy atom. The summed E-state index contributed by atoms with van der Waals surface area (Å²) in [6.07, 6.45) is 0. The molecule has 0 atom stereocenters. The standard InChI is InChI=1S/C14H13N3O4/c1-20-13-9-12(17(18)19)14(21-2)8-11(13)16-15-10-6-4-3-5-7-10/h3-9H,1-2H3. The molecule has 0 saturated carbocycles. The van der Waals surface area contributed by atoms with Gasteiger partial charge in [0.25, 0.3) is 0 Å². The fourth-order valence-electron chi connectivity index (χ4n) is 1.69. The summed E-state index contributed by atoms with van der Waals surface area (Å²) in [4.78, 5) is 10.4. The number of benzene rings is 2. The molecule has 7 heteroatoms. The van der Waals surface area contributed by atoms with Crippen LogP contribution in [0.15, 0.2) is 52.7 Å². The molecule has 0 aliphatic heterocycles. The summed E-state index contributed by atoms with van der Waals surface area (Å²) in [6.45, 7) is 0. The van der Waals surface area contributed by atoms with E-state index >= 15 is 0 Å². The van der Waals surface area contributed by atoms with Gasteiger partial charge in [0.15, 0.2) is 11.5 Å². The first-order valence-corrected chi connectivity index (χ1v) is 6.03. The first-order valence-electron chi connectivity index (χ1n) is 6.03. The van der Waals surface area contributed by atoms with Crippen LogP contribution in [0.1, 0.15) is 0 Å². The predicted octanol–water partition coefficient (Wildman–Crippen LogP) is 4.03. The third-order valence-corrected chi connectivity index (χ3v) is 2.71. The molecule has 21 heavy (non-hydrogen) atoms. The Balaban J connectivity index is 2.43. The minimum Gasteiger partial charge on any atom is -0.494 e. The number of methoxy groups -OCH3 is 2. The van der Waals surface area contributed by atoms with E-state index in [1.807, 2.05) is 18.2 Å². The lowest BCUT2D eigenvalue weighted by Gasteiger charge is -2.07. The molecule has 0 aliphatic rings. The van der Waals surface area contributed by atoms with Crippen LogP contribution in [-0.2, 0) is 0 Å². The van der Waals surface area contributed by atoms with Gasteiger partial charge in [-0.15, -0.1) is 5.11 Å². The molecule has 0 N–H and O–H groups in total. The Kier molecular flexibility index (Phi) is 4.45. The minimum absolute atomic E-state index is 0.0998. The maximum absolute atomic E-state index is 11.0. The molecule has 0 spiro atoms. The van der Waals surface area contributed by atoms with E-state index in [4.69, 9.17) is 9.47 Å². The fourth-order valence-corrected chi connectivity index (χ4v) is 1.69. The van der Waals surface area contributed by atoms with Gasteiger partial charge in [0, 0.05) is 6.07 Å². The van der Waals surface area contributed by atoms with Gasteiger partial charge in [-0.05, 0) is 12.1 Å². The molecular formula is C14H13N3O4. The zero-order chi connectivity index (χ0) is 15.2. The second kappa shape index (κ2) is 6.47. The second-order valence-corrected chi connectivity index (χ2v) is 3.99. The van der Waals surface area contributed by atoms with Crippen LogP contribution in [0.5, 0.6) is 11.5 Å². The largest absolute Gasteiger partial charge is 0.494 e. The van der Waals surface area contributed by atoms with Crippen molar-refractivity contribution in [2.45, 2.75) is 0 Å². The number of nitro benzene ring substituents is 1. The van der Waals surface area contributed by atoms with Crippen LogP contribution in [0.25, 0.3) is 0 Å². The molecule has 2 aromatic carbocycles. The summed E-state index contributed by atoms with van der Waals surface area (Å²) in [5.41, 5.74) is 0.827. The monoisotopic (exact) mass is 287 g/mol. The Bertz CT molecular complexity index is 671. The highest BCUT2D eigenvalue weighted by atomic mass is 16.6. The van der Waals surface area contributed by atoms with Gasteiger partial charge < -0.3 is 9.47 Å². The molecule has 0 radical (unpaired) electrons. The van der Waals surface area contributed by atoms with Gasteiger partial charge in [0.1, 0.15) is 5.69 Å². The Labute approximate surface area is 121 Å². The lowest BCUT2D eigenvalue weighted by molar-refractivity contribution is -0.385. The maximum atomic E-state index is 11.0. The first-order chi connectivity index (χ1) is 10.2. The smallest absolute Gasteiger partial charge is 0.314 e. The summed E-state index contributed by atoms with van der Waals surface area (Å²) in [6, 6.07) is 11.8. The normalized spacial score (nSPS) is 10.6. The van der Waals surface area contributed by atoms with Crippen molar-refractivity contribution in [3.8, 4) is 11.5 Å². The molecule has 0 saturated heterocycles. The van der Waals surface area contributed by atoms with Crippen LogP contribution in [-0.4, -0.2) is 19.1 Å². The topological polar surface area (TPSA) is 86.3 Å². The van der Waals surface area contributed by atoms with Crippen molar-refractivity contribution in [1.29, 1.82) is 0 Å². The lowest BCUT2D eigenvalue weighted by atomic mass is 10.2. The van der Waals surface area contributed by atoms with Crippen molar-refractivity contribution in [2.75, 3.05) is 14.2 Å². The summed E-state index contributed by atoms with van der Waals surface area (Å²) in [5, 5.41) is 19.1. The highest BCUT2D eigenvalue weighted by Crippen LogP contribution is 2.39. The maximum Gasteiger partial charge on any atom is 0.314 e. The number of ether oxygens (including phenoxy) is 2. The molecule has 0 bridgehead atoms. The van der Waals surface area contributed by atoms with Crippen LogP contribution >= 0.6 is 0 Å². The zero-order valence-corrected chi connectivity index (χ0v) is 11.5. The van der Waals surface area contributed by atoms with Crippen LogP contribution in [0.4, 0.5) is 17.1 Å². The summed E-state index contributed by atoms with van der Waals surface area (Å²) in [5.74, 6) is 0.352. The number of nitrogens with zero attached hydrogens (tertiary/aromatic N) is 3. The van der Waals surface area contributed by atoms with E-state index in [1.165, 1.54) is 26.4 Å². The van der Waals surface area contributed by atoms with E-state index in [9.17, 15) is 10.1 Å². The highest BCUT2D eigenvalue weighted by Gasteiger charge is 2.19. The van der Waals surface area contributed by atoms with Gasteiger partial charge in [-0.2, -0.15) is 5.11 Å². The van der Waals surface area contributed by atoms with Crippen molar-refractivity contribution in [3.63, 3.8) is 0 Å². The highest BCUT2D eigenvalue weighted by molar-refractivity contribution is 5.64. The molecule has 0 aliphatic carbocycles. The Hall–Kier alpha value is -2.96. The van der Waals surface area contributed by atoms with Crippen LogP contribution in [0.2, 0.25) is 0 Å². The average molecular weight is 287 g/mol.